The molecule has 134 valence electrons. The van der Waals surface area contributed by atoms with Gasteiger partial charge in [0.1, 0.15) is 11.6 Å². The van der Waals surface area contributed by atoms with Gasteiger partial charge in [-0.05, 0) is 31.1 Å². The fourth-order valence-electron chi connectivity index (χ4n) is 2.71. The Morgan fingerprint density at radius 3 is 2.46 bits per heavy atom. The van der Waals surface area contributed by atoms with Crippen molar-refractivity contribution >= 4 is 11.9 Å². The van der Waals surface area contributed by atoms with Gasteiger partial charge < -0.3 is 9.47 Å². The largest absolute Gasteiger partial charge is 0.492 e. The van der Waals surface area contributed by atoms with E-state index < -0.39 is 0 Å². The van der Waals surface area contributed by atoms with Crippen molar-refractivity contribution in [2.24, 2.45) is 0 Å². The number of allylic oxidation sites excluding steroid dienone is 1. The van der Waals surface area contributed by atoms with Crippen LogP contribution in [0.25, 0.3) is 6.08 Å². The summed E-state index contributed by atoms with van der Waals surface area (Å²) in [4.78, 5) is 12.7. The maximum atomic E-state index is 12.7. The van der Waals surface area contributed by atoms with Gasteiger partial charge >= 0.3 is 0 Å². The van der Waals surface area contributed by atoms with Crippen LogP contribution >= 0.6 is 0 Å². The Hall–Kier alpha value is -3.06. The van der Waals surface area contributed by atoms with Gasteiger partial charge in [-0.2, -0.15) is 5.26 Å². The normalized spacial score (nSPS) is 10.9. The van der Waals surface area contributed by atoms with Gasteiger partial charge in [-0.1, -0.05) is 49.7 Å². The van der Waals surface area contributed by atoms with Crippen molar-refractivity contribution in [1.29, 1.82) is 5.26 Å². The van der Waals surface area contributed by atoms with Gasteiger partial charge in [-0.25, -0.2) is 0 Å². The third-order valence-electron chi connectivity index (χ3n) is 3.93. The maximum Gasteiger partial charge on any atom is 0.203 e. The first-order valence-electron chi connectivity index (χ1n) is 8.69. The molecule has 2 aromatic carbocycles. The van der Waals surface area contributed by atoms with Crippen LogP contribution in [-0.4, -0.2) is 19.5 Å². The van der Waals surface area contributed by atoms with Crippen LogP contribution < -0.4 is 9.47 Å². The number of Topliss-reactive ketones (excluding diaryl/α,β-unsaturated/α-hetero) is 1. The first-order chi connectivity index (χ1) is 12.6. The maximum absolute atomic E-state index is 12.7. The molecule has 2 rings (SSSR count). The third-order valence-corrected chi connectivity index (χ3v) is 3.93. The summed E-state index contributed by atoms with van der Waals surface area (Å²) in [6, 6.07) is 14.8. The van der Waals surface area contributed by atoms with Gasteiger partial charge in [0.15, 0.2) is 11.5 Å². The molecule has 0 bridgehead atoms. The summed E-state index contributed by atoms with van der Waals surface area (Å²) >= 11 is 0. The van der Waals surface area contributed by atoms with E-state index in [0.29, 0.717) is 29.2 Å². The molecule has 0 fully saturated rings. The zero-order valence-electron chi connectivity index (χ0n) is 15.4. The topological polar surface area (TPSA) is 59.3 Å². The van der Waals surface area contributed by atoms with Gasteiger partial charge in [0.05, 0.1) is 13.7 Å². The lowest BCUT2D eigenvalue weighted by molar-refractivity contribution is 0.104. The van der Waals surface area contributed by atoms with Crippen LogP contribution in [0.5, 0.6) is 11.5 Å². The predicted molar refractivity (Wildman–Crippen MR) is 103 cm³/mol. The first-order valence-corrected chi connectivity index (χ1v) is 8.69. The van der Waals surface area contributed by atoms with E-state index in [1.165, 1.54) is 12.7 Å². The number of nitrogens with zero attached hydrogens (tertiary/aromatic N) is 1. The average Bonchev–Trinajstić information content (AvgIpc) is 2.67. The minimum Gasteiger partial charge on any atom is -0.492 e. The molecule has 4 nitrogen and oxygen atoms in total. The molecule has 0 unspecified atom stereocenters. The number of methoxy groups -OCH3 is 1. The summed E-state index contributed by atoms with van der Waals surface area (Å²) in [5.41, 5.74) is 2.36. The van der Waals surface area contributed by atoms with Crippen molar-refractivity contribution in [3.05, 3.63) is 64.7 Å². The molecule has 0 aromatic heterocycles. The lowest BCUT2D eigenvalue weighted by Crippen LogP contribution is -2.03. The fourth-order valence-corrected chi connectivity index (χ4v) is 2.71. The molecule has 0 amide bonds. The Balaban J connectivity index is 2.37. The highest BCUT2D eigenvalue weighted by Crippen LogP contribution is 2.32. The molecule has 2 aromatic rings. The van der Waals surface area contributed by atoms with Crippen molar-refractivity contribution < 1.29 is 14.3 Å². The van der Waals surface area contributed by atoms with Crippen LogP contribution in [-0.2, 0) is 6.42 Å². The number of hydrogen-bond acceptors (Lipinski definition) is 4. The highest BCUT2D eigenvalue weighted by Gasteiger charge is 2.15. The van der Waals surface area contributed by atoms with E-state index >= 15 is 0 Å². The number of ketones is 1. The number of hydrogen-bond donors (Lipinski definition) is 0. The summed E-state index contributed by atoms with van der Waals surface area (Å²) in [7, 11) is 1.54. The molecule has 0 aliphatic heterocycles. The molecular weight excluding hydrogens is 326 g/mol. The molecule has 26 heavy (non-hydrogen) atoms. The molecule has 0 saturated heterocycles. The number of benzene rings is 2. The van der Waals surface area contributed by atoms with Crippen molar-refractivity contribution in [3.8, 4) is 17.6 Å². The van der Waals surface area contributed by atoms with E-state index in [-0.39, 0.29) is 11.4 Å². The molecule has 4 heteroatoms. The lowest BCUT2D eigenvalue weighted by atomic mass is 9.99. The van der Waals surface area contributed by atoms with Crippen molar-refractivity contribution in [2.75, 3.05) is 13.7 Å². The standard InChI is InChI=1S/C22H23NO3/c1-4-7-16-10-12-17(13-11-16)21(24)19(15-23)14-18-8-6-9-20(26-5-2)22(18)25-3/h6,8-14H,4-5,7H2,1-3H3/b19-14+. The number of carbonyl (C=O) groups excluding carboxylic acids is 1. The Morgan fingerprint density at radius 2 is 1.88 bits per heavy atom. The molecule has 0 aliphatic carbocycles. The monoisotopic (exact) mass is 349 g/mol. The number of ether oxygens (including phenoxy) is 2. The molecule has 0 atom stereocenters. The second-order valence-electron chi connectivity index (χ2n) is 5.76. The van der Waals surface area contributed by atoms with Gasteiger partial charge in [-0.3, -0.25) is 4.79 Å². The van der Waals surface area contributed by atoms with E-state index in [2.05, 4.69) is 6.92 Å². The third kappa shape index (κ3) is 4.52. The summed E-state index contributed by atoms with van der Waals surface area (Å²) in [5, 5.41) is 9.48. The van der Waals surface area contributed by atoms with Crippen molar-refractivity contribution in [1.82, 2.24) is 0 Å². The van der Waals surface area contributed by atoms with Crippen LogP contribution in [0.3, 0.4) is 0 Å². The molecular formula is C22H23NO3. The van der Waals surface area contributed by atoms with E-state index in [1.807, 2.05) is 25.1 Å². The van der Waals surface area contributed by atoms with Crippen molar-refractivity contribution in [2.45, 2.75) is 26.7 Å². The van der Waals surface area contributed by atoms with Crippen LogP contribution in [0, 0.1) is 11.3 Å². The molecule has 0 aliphatic rings. The van der Waals surface area contributed by atoms with Gasteiger partial charge in [0, 0.05) is 11.1 Å². The van der Waals surface area contributed by atoms with E-state index in [9.17, 15) is 10.1 Å². The highest BCUT2D eigenvalue weighted by atomic mass is 16.5. The van der Waals surface area contributed by atoms with Crippen LogP contribution in [0.1, 0.15) is 41.8 Å². The number of nitriles is 1. The fraction of sp³-hybridized carbons (Fsp3) is 0.273. The highest BCUT2D eigenvalue weighted by molar-refractivity contribution is 6.14. The first kappa shape index (κ1) is 19.3. The average molecular weight is 349 g/mol. The minimum absolute atomic E-state index is 0.0557. The molecule has 0 radical (unpaired) electrons. The van der Waals surface area contributed by atoms with E-state index in [1.54, 1.807) is 36.4 Å². The van der Waals surface area contributed by atoms with E-state index in [0.717, 1.165) is 12.8 Å². The van der Waals surface area contributed by atoms with Gasteiger partial charge in [0.2, 0.25) is 5.78 Å². The number of carbonyl (C=O) groups is 1. The summed E-state index contributed by atoms with van der Waals surface area (Å²) < 4.78 is 11.0. The van der Waals surface area contributed by atoms with E-state index in [4.69, 9.17) is 9.47 Å². The zero-order chi connectivity index (χ0) is 18.9. The van der Waals surface area contributed by atoms with Crippen LogP contribution in [0.4, 0.5) is 0 Å². The van der Waals surface area contributed by atoms with Crippen molar-refractivity contribution in [3.63, 3.8) is 0 Å². The quantitative estimate of drug-likeness (QED) is 0.389. The van der Waals surface area contributed by atoms with Gasteiger partial charge in [0.25, 0.3) is 0 Å². The Labute approximate surface area is 154 Å². The Bertz CT molecular complexity index is 829. The molecule has 0 heterocycles. The van der Waals surface area contributed by atoms with Crippen LogP contribution in [0.2, 0.25) is 0 Å². The molecule has 0 saturated carbocycles. The van der Waals surface area contributed by atoms with Crippen LogP contribution in [0.15, 0.2) is 48.0 Å². The number of aryl methyl sites for hydroxylation is 1. The summed E-state index contributed by atoms with van der Waals surface area (Å²) in [6.07, 6.45) is 3.56. The number of rotatable bonds is 8. The summed E-state index contributed by atoms with van der Waals surface area (Å²) in [5.74, 6) is 0.782. The van der Waals surface area contributed by atoms with Gasteiger partial charge in [-0.15, -0.1) is 0 Å². The Kier molecular flexibility index (Phi) is 6.99. The zero-order valence-corrected chi connectivity index (χ0v) is 15.4. The smallest absolute Gasteiger partial charge is 0.203 e. The second-order valence-corrected chi connectivity index (χ2v) is 5.76. The molecule has 0 N–H and O–H groups in total. The second kappa shape index (κ2) is 9.43. The lowest BCUT2D eigenvalue weighted by Gasteiger charge is -2.11. The predicted octanol–water partition coefficient (Wildman–Crippen LogP) is 4.84. The minimum atomic E-state index is -0.306. The SMILES string of the molecule is CCCc1ccc(C(=O)/C(C#N)=C/c2cccc(OCC)c2OC)cc1. The molecule has 0 spiro atoms. The summed E-state index contributed by atoms with van der Waals surface area (Å²) in [6.45, 7) is 4.49. The Morgan fingerprint density at radius 1 is 1.15 bits per heavy atom. The number of para-hydroxylation sites is 1.